The maximum Gasteiger partial charge on any atom is 0.0593 e. The average Bonchev–Trinajstić information content (AvgIpc) is 2.90. The molecule has 1 heterocycles. The van der Waals surface area contributed by atoms with Crippen LogP contribution in [0.2, 0.25) is 0 Å². The molecule has 0 spiro atoms. The topological polar surface area (TPSA) is 29.3 Å². The van der Waals surface area contributed by atoms with Crippen LogP contribution in [0.25, 0.3) is 0 Å². The first-order valence-electron chi connectivity index (χ1n) is 7.16. The third kappa shape index (κ3) is 4.08. The SMILES string of the molecule is CCC(C)CN(CC)C(c1cccs1)C(N)CC. The van der Waals surface area contributed by atoms with Crippen molar-refractivity contribution in [3.05, 3.63) is 22.4 Å². The highest BCUT2D eigenvalue weighted by Gasteiger charge is 2.26. The molecule has 0 saturated carbocycles. The van der Waals surface area contributed by atoms with Crippen LogP contribution in [0.4, 0.5) is 0 Å². The van der Waals surface area contributed by atoms with Gasteiger partial charge in [0.2, 0.25) is 0 Å². The zero-order valence-corrected chi connectivity index (χ0v) is 13.0. The molecule has 2 N–H and O–H groups in total. The van der Waals surface area contributed by atoms with Crippen molar-refractivity contribution in [1.29, 1.82) is 0 Å². The molecule has 18 heavy (non-hydrogen) atoms. The summed E-state index contributed by atoms with van der Waals surface area (Å²) < 4.78 is 0. The van der Waals surface area contributed by atoms with Gasteiger partial charge in [0, 0.05) is 17.5 Å². The number of hydrogen-bond acceptors (Lipinski definition) is 3. The lowest BCUT2D eigenvalue weighted by molar-refractivity contribution is 0.156. The van der Waals surface area contributed by atoms with Crippen molar-refractivity contribution >= 4 is 11.3 Å². The Bertz CT molecular complexity index is 310. The molecule has 0 saturated heterocycles. The van der Waals surface area contributed by atoms with E-state index in [4.69, 9.17) is 5.73 Å². The second-order valence-electron chi connectivity index (χ2n) is 5.13. The number of hydrogen-bond donors (Lipinski definition) is 1. The number of rotatable bonds is 8. The van der Waals surface area contributed by atoms with Gasteiger partial charge in [-0.1, -0.05) is 40.2 Å². The van der Waals surface area contributed by atoms with Crippen LogP contribution in [-0.2, 0) is 0 Å². The first-order valence-corrected chi connectivity index (χ1v) is 8.04. The van der Waals surface area contributed by atoms with E-state index in [1.807, 2.05) is 11.3 Å². The van der Waals surface area contributed by atoms with Crippen LogP contribution < -0.4 is 5.73 Å². The molecule has 1 aromatic heterocycles. The molecule has 3 unspecified atom stereocenters. The van der Waals surface area contributed by atoms with Gasteiger partial charge < -0.3 is 5.73 Å². The average molecular weight is 268 g/mol. The van der Waals surface area contributed by atoms with Gasteiger partial charge in [-0.2, -0.15) is 0 Å². The van der Waals surface area contributed by atoms with Gasteiger partial charge in [0.25, 0.3) is 0 Å². The van der Waals surface area contributed by atoms with E-state index in [1.54, 1.807) is 0 Å². The predicted molar refractivity (Wildman–Crippen MR) is 82.0 cm³/mol. The lowest BCUT2D eigenvalue weighted by Gasteiger charge is -2.35. The van der Waals surface area contributed by atoms with Crippen LogP contribution in [-0.4, -0.2) is 24.0 Å². The number of likely N-dealkylation sites (N-methyl/N-ethyl adjacent to an activating group) is 1. The van der Waals surface area contributed by atoms with E-state index in [2.05, 4.69) is 50.1 Å². The Morgan fingerprint density at radius 1 is 1.28 bits per heavy atom. The Hall–Kier alpha value is -0.380. The van der Waals surface area contributed by atoms with Gasteiger partial charge in [0.1, 0.15) is 0 Å². The third-order valence-corrected chi connectivity index (χ3v) is 4.70. The van der Waals surface area contributed by atoms with E-state index in [0.717, 1.165) is 25.4 Å². The first-order chi connectivity index (χ1) is 8.63. The van der Waals surface area contributed by atoms with Crippen molar-refractivity contribution in [3.63, 3.8) is 0 Å². The molecule has 0 radical (unpaired) electrons. The Morgan fingerprint density at radius 2 is 2.00 bits per heavy atom. The Kier molecular flexibility index (Phi) is 6.90. The molecule has 0 fully saturated rings. The van der Waals surface area contributed by atoms with Crippen molar-refractivity contribution in [1.82, 2.24) is 4.90 Å². The molecular weight excluding hydrogens is 240 g/mol. The van der Waals surface area contributed by atoms with Crippen molar-refractivity contribution in [3.8, 4) is 0 Å². The summed E-state index contributed by atoms with van der Waals surface area (Å²) >= 11 is 1.83. The molecule has 0 aliphatic carbocycles. The van der Waals surface area contributed by atoms with E-state index in [9.17, 15) is 0 Å². The molecule has 104 valence electrons. The van der Waals surface area contributed by atoms with Crippen LogP contribution in [0.1, 0.15) is 51.5 Å². The molecule has 0 bridgehead atoms. The van der Waals surface area contributed by atoms with Crippen LogP contribution >= 0.6 is 11.3 Å². The van der Waals surface area contributed by atoms with Crippen molar-refractivity contribution in [2.75, 3.05) is 13.1 Å². The fourth-order valence-corrected chi connectivity index (χ4v) is 3.25. The Labute approximate surface area is 116 Å². The smallest absolute Gasteiger partial charge is 0.0593 e. The monoisotopic (exact) mass is 268 g/mol. The standard InChI is InChI=1S/C15H28N2S/c1-5-12(4)11-17(7-3)15(13(16)6-2)14-9-8-10-18-14/h8-10,12-13,15H,5-7,11,16H2,1-4H3. The minimum atomic E-state index is 0.229. The number of thiophene rings is 1. The second kappa shape index (κ2) is 7.93. The molecule has 0 amide bonds. The zero-order valence-electron chi connectivity index (χ0n) is 12.2. The Balaban J connectivity index is 2.86. The summed E-state index contributed by atoms with van der Waals surface area (Å²) in [5, 5.41) is 2.15. The summed E-state index contributed by atoms with van der Waals surface area (Å²) in [6, 6.07) is 4.97. The summed E-state index contributed by atoms with van der Waals surface area (Å²) in [5.74, 6) is 0.733. The molecule has 0 aliphatic heterocycles. The van der Waals surface area contributed by atoms with Gasteiger partial charge in [-0.25, -0.2) is 0 Å². The minimum Gasteiger partial charge on any atom is -0.326 e. The van der Waals surface area contributed by atoms with Crippen molar-refractivity contribution < 1.29 is 0 Å². The second-order valence-corrected chi connectivity index (χ2v) is 6.11. The van der Waals surface area contributed by atoms with Crippen molar-refractivity contribution in [2.24, 2.45) is 11.7 Å². The van der Waals surface area contributed by atoms with Crippen LogP contribution in [0.15, 0.2) is 17.5 Å². The number of nitrogens with zero attached hydrogens (tertiary/aromatic N) is 1. The Morgan fingerprint density at radius 3 is 2.44 bits per heavy atom. The van der Waals surface area contributed by atoms with Crippen LogP contribution in [0.3, 0.4) is 0 Å². The molecule has 0 aromatic carbocycles. The predicted octanol–water partition coefficient (Wildman–Crippen LogP) is 3.89. The zero-order chi connectivity index (χ0) is 13.5. The summed E-state index contributed by atoms with van der Waals surface area (Å²) in [6.45, 7) is 11.2. The molecule has 1 rings (SSSR count). The fourth-order valence-electron chi connectivity index (χ4n) is 2.31. The summed E-state index contributed by atoms with van der Waals surface area (Å²) in [4.78, 5) is 3.96. The van der Waals surface area contributed by atoms with Gasteiger partial charge in [-0.05, 0) is 30.3 Å². The lowest BCUT2D eigenvalue weighted by Crippen LogP contribution is -2.42. The molecule has 2 nitrogen and oxygen atoms in total. The molecule has 3 heteroatoms. The van der Waals surface area contributed by atoms with Crippen molar-refractivity contribution in [2.45, 2.75) is 52.6 Å². The fraction of sp³-hybridized carbons (Fsp3) is 0.733. The van der Waals surface area contributed by atoms with Gasteiger partial charge in [-0.15, -0.1) is 11.3 Å². The number of nitrogens with two attached hydrogens (primary N) is 1. The van der Waals surface area contributed by atoms with E-state index in [1.165, 1.54) is 11.3 Å². The van der Waals surface area contributed by atoms with Gasteiger partial charge in [0.15, 0.2) is 0 Å². The first kappa shape index (κ1) is 15.7. The minimum absolute atomic E-state index is 0.229. The van der Waals surface area contributed by atoms with E-state index in [-0.39, 0.29) is 6.04 Å². The van der Waals surface area contributed by atoms with Gasteiger partial charge >= 0.3 is 0 Å². The highest BCUT2D eigenvalue weighted by Crippen LogP contribution is 2.29. The highest BCUT2D eigenvalue weighted by atomic mass is 32.1. The molecule has 1 aromatic rings. The third-order valence-electron chi connectivity index (χ3n) is 3.75. The molecule has 0 aliphatic rings. The van der Waals surface area contributed by atoms with Crippen LogP contribution in [0.5, 0.6) is 0 Å². The van der Waals surface area contributed by atoms with E-state index >= 15 is 0 Å². The van der Waals surface area contributed by atoms with Gasteiger partial charge in [0.05, 0.1) is 6.04 Å². The molecular formula is C15H28N2S. The highest BCUT2D eigenvalue weighted by molar-refractivity contribution is 7.10. The summed E-state index contributed by atoms with van der Waals surface area (Å²) in [5.41, 5.74) is 6.37. The maximum atomic E-state index is 6.37. The normalized spacial score (nSPS) is 16.8. The van der Waals surface area contributed by atoms with Gasteiger partial charge in [-0.3, -0.25) is 4.90 Å². The quantitative estimate of drug-likeness (QED) is 0.775. The lowest BCUT2D eigenvalue weighted by atomic mass is 10.0. The largest absolute Gasteiger partial charge is 0.326 e. The molecule has 3 atom stereocenters. The van der Waals surface area contributed by atoms with Crippen LogP contribution in [0, 0.1) is 5.92 Å². The van der Waals surface area contributed by atoms with E-state index < -0.39 is 0 Å². The summed E-state index contributed by atoms with van der Waals surface area (Å²) in [7, 11) is 0. The summed E-state index contributed by atoms with van der Waals surface area (Å²) in [6.07, 6.45) is 2.26. The van der Waals surface area contributed by atoms with E-state index in [0.29, 0.717) is 6.04 Å². The maximum absolute atomic E-state index is 6.37.